The highest BCUT2D eigenvalue weighted by molar-refractivity contribution is 5.97. The van der Waals surface area contributed by atoms with Crippen LogP contribution in [0.3, 0.4) is 0 Å². The average Bonchev–Trinajstić information content (AvgIpc) is 3.30. The second-order valence-electron chi connectivity index (χ2n) is 11.4. The van der Waals surface area contributed by atoms with Crippen LogP contribution in [-0.4, -0.2) is 84.2 Å². The smallest absolute Gasteiger partial charge is 0.410 e. The Morgan fingerprint density at radius 2 is 1.95 bits per heavy atom. The van der Waals surface area contributed by atoms with Crippen LogP contribution >= 0.6 is 0 Å². The third-order valence-corrected chi connectivity index (χ3v) is 7.57. The lowest BCUT2D eigenvalue weighted by Crippen LogP contribution is -2.60. The Hall–Kier alpha value is -3.04. The molecule has 8 nitrogen and oxygen atoms in total. The molecule has 0 aliphatic carbocycles. The summed E-state index contributed by atoms with van der Waals surface area (Å²) in [5, 5.41) is 3.49. The largest absolute Gasteiger partial charge is 0.445 e. The van der Waals surface area contributed by atoms with Gasteiger partial charge in [-0.2, -0.15) is 0 Å². The monoisotopic (exact) mass is 509 g/mol. The molecule has 0 saturated carbocycles. The van der Waals surface area contributed by atoms with Gasteiger partial charge in [-0.15, -0.1) is 0 Å². The molecule has 198 valence electrons. The molecule has 2 saturated heterocycles. The van der Waals surface area contributed by atoms with Gasteiger partial charge in [0.25, 0.3) is 0 Å². The minimum atomic E-state index is -0.285. The Morgan fingerprint density at radius 1 is 1.19 bits per heavy atom. The van der Waals surface area contributed by atoms with Crippen LogP contribution in [0.25, 0.3) is 0 Å². The Bertz CT molecular complexity index is 1170. The van der Waals surface area contributed by atoms with E-state index in [1.807, 2.05) is 18.0 Å². The quantitative estimate of drug-likeness (QED) is 0.645. The van der Waals surface area contributed by atoms with Gasteiger partial charge in [-0.1, -0.05) is 26.0 Å². The predicted octanol–water partition coefficient (Wildman–Crippen LogP) is 2.94. The van der Waals surface area contributed by atoms with E-state index >= 15 is 0 Å². The first-order valence-corrected chi connectivity index (χ1v) is 13.1. The number of carbonyl (C=O) groups is 2. The lowest BCUT2D eigenvalue weighted by atomic mass is 9.91. The zero-order chi connectivity index (χ0) is 26.3. The fourth-order valence-corrected chi connectivity index (χ4v) is 5.67. The van der Waals surface area contributed by atoms with Crippen LogP contribution in [-0.2, 0) is 21.4 Å². The van der Waals surface area contributed by atoms with E-state index in [0.29, 0.717) is 32.6 Å². The number of cyclic esters (lactones) is 1. The van der Waals surface area contributed by atoms with Crippen molar-refractivity contribution in [3.8, 4) is 0 Å². The minimum Gasteiger partial charge on any atom is -0.445 e. The molecular weight excluding hydrogens is 473 g/mol. The van der Waals surface area contributed by atoms with Crippen LogP contribution in [0.15, 0.2) is 36.5 Å². The van der Waals surface area contributed by atoms with Crippen molar-refractivity contribution in [3.05, 3.63) is 59.2 Å². The number of nitrogens with zero attached hydrogens (tertiary/aromatic N) is 4. The van der Waals surface area contributed by atoms with E-state index in [2.05, 4.69) is 37.1 Å². The van der Waals surface area contributed by atoms with Crippen LogP contribution in [0.1, 0.15) is 44.5 Å². The first kappa shape index (κ1) is 25.6. The number of hydrogen-bond acceptors (Lipinski definition) is 6. The fourth-order valence-electron chi connectivity index (χ4n) is 5.67. The molecule has 0 bridgehead atoms. The van der Waals surface area contributed by atoms with Gasteiger partial charge in [0.05, 0.1) is 24.5 Å². The molecule has 1 aromatic heterocycles. The Kier molecular flexibility index (Phi) is 6.93. The zero-order valence-corrected chi connectivity index (χ0v) is 22.0. The second kappa shape index (κ2) is 10.0. The van der Waals surface area contributed by atoms with Gasteiger partial charge in [0.1, 0.15) is 11.9 Å². The standard InChI is InChI=1S/C28H36FN5O3/c1-18-13-32(23(12-30-18)15-33-14-19(2)37-27(33)36)16-25(35)34-17-28(3,4)26-24(34)10-21(11-31-26)9-20-5-7-22(29)8-6-20/h5-8,10-11,18-19,23,30H,9,12-17H2,1-4H3/t18-,19-,23-/m1/s1. The highest BCUT2D eigenvalue weighted by atomic mass is 19.1. The summed E-state index contributed by atoms with van der Waals surface area (Å²) < 4.78 is 18.6. The zero-order valence-electron chi connectivity index (χ0n) is 22.0. The molecule has 5 rings (SSSR count). The first-order chi connectivity index (χ1) is 17.6. The lowest BCUT2D eigenvalue weighted by molar-refractivity contribution is -0.120. The Balaban J connectivity index is 1.33. The Labute approximate surface area is 217 Å². The number of nitrogens with one attached hydrogen (secondary N) is 1. The summed E-state index contributed by atoms with van der Waals surface area (Å²) >= 11 is 0. The van der Waals surface area contributed by atoms with Gasteiger partial charge in [0.15, 0.2) is 0 Å². The number of carbonyl (C=O) groups excluding carboxylic acids is 2. The van der Waals surface area contributed by atoms with Gasteiger partial charge in [0, 0.05) is 49.9 Å². The SMILES string of the molecule is C[C@@H]1CN(CC(=O)N2CC(C)(C)c3ncc(Cc4ccc(F)cc4)cc32)[C@@H](CN2C[C@@H](C)OC2=O)CN1. The maximum Gasteiger partial charge on any atom is 0.410 e. The van der Waals surface area contributed by atoms with Crippen molar-refractivity contribution in [2.24, 2.45) is 0 Å². The van der Waals surface area contributed by atoms with E-state index < -0.39 is 0 Å². The van der Waals surface area contributed by atoms with Crippen molar-refractivity contribution in [1.82, 2.24) is 20.1 Å². The van der Waals surface area contributed by atoms with Crippen molar-refractivity contribution in [2.45, 2.75) is 57.7 Å². The van der Waals surface area contributed by atoms with Crippen molar-refractivity contribution in [2.75, 3.05) is 44.2 Å². The van der Waals surface area contributed by atoms with Crippen molar-refractivity contribution in [3.63, 3.8) is 0 Å². The van der Waals surface area contributed by atoms with Crippen molar-refractivity contribution >= 4 is 17.7 Å². The number of halogens is 1. The molecule has 1 N–H and O–H groups in total. The number of amides is 2. The molecule has 3 atom stereocenters. The molecule has 2 fully saturated rings. The minimum absolute atomic E-state index is 0.0241. The topological polar surface area (TPSA) is 78.0 Å². The summed E-state index contributed by atoms with van der Waals surface area (Å²) in [5.74, 6) is -0.227. The number of hydrogen-bond donors (Lipinski definition) is 1. The van der Waals surface area contributed by atoms with Crippen molar-refractivity contribution in [1.29, 1.82) is 0 Å². The summed E-state index contributed by atoms with van der Waals surface area (Å²) in [6, 6.07) is 8.80. The number of benzene rings is 1. The average molecular weight is 510 g/mol. The van der Waals surface area contributed by atoms with Gasteiger partial charge in [-0.25, -0.2) is 9.18 Å². The molecular formula is C28H36FN5O3. The molecule has 1 aromatic carbocycles. The van der Waals surface area contributed by atoms with E-state index in [1.165, 1.54) is 12.1 Å². The number of pyridine rings is 1. The maximum absolute atomic E-state index is 13.8. The van der Waals surface area contributed by atoms with Crippen LogP contribution in [0.2, 0.25) is 0 Å². The third-order valence-electron chi connectivity index (χ3n) is 7.57. The van der Waals surface area contributed by atoms with Crippen LogP contribution < -0.4 is 10.2 Å². The number of aromatic nitrogens is 1. The molecule has 3 aliphatic heterocycles. The highest BCUT2D eigenvalue weighted by Crippen LogP contribution is 2.39. The number of piperazine rings is 1. The summed E-state index contributed by atoms with van der Waals surface area (Å²) in [5.41, 5.74) is 3.49. The molecule has 9 heteroatoms. The number of ether oxygens (including phenoxy) is 1. The van der Waals surface area contributed by atoms with E-state index in [0.717, 1.165) is 29.1 Å². The molecule has 4 heterocycles. The molecule has 3 aliphatic rings. The van der Waals surface area contributed by atoms with Crippen LogP contribution in [0, 0.1) is 5.82 Å². The highest BCUT2D eigenvalue weighted by Gasteiger charge is 2.41. The van der Waals surface area contributed by atoms with Crippen LogP contribution in [0.4, 0.5) is 14.9 Å². The number of rotatable bonds is 6. The van der Waals surface area contributed by atoms with Gasteiger partial charge >= 0.3 is 6.09 Å². The summed E-state index contributed by atoms with van der Waals surface area (Å²) in [7, 11) is 0. The number of fused-ring (bicyclic) bond motifs is 1. The normalized spacial score (nSPS) is 25.3. The van der Waals surface area contributed by atoms with Gasteiger partial charge in [-0.05, 0) is 49.6 Å². The molecule has 37 heavy (non-hydrogen) atoms. The predicted molar refractivity (Wildman–Crippen MR) is 139 cm³/mol. The summed E-state index contributed by atoms with van der Waals surface area (Å²) in [6.07, 6.45) is 2.08. The molecule has 0 radical (unpaired) electrons. The summed E-state index contributed by atoms with van der Waals surface area (Å²) in [4.78, 5) is 36.5. The lowest BCUT2D eigenvalue weighted by Gasteiger charge is -2.40. The third kappa shape index (κ3) is 5.48. The summed E-state index contributed by atoms with van der Waals surface area (Å²) in [6.45, 7) is 11.6. The fraction of sp³-hybridized carbons (Fsp3) is 0.536. The second-order valence-corrected chi connectivity index (χ2v) is 11.4. The number of anilines is 1. The molecule has 2 amide bonds. The van der Waals surface area contributed by atoms with Gasteiger partial charge in [-0.3, -0.25) is 14.7 Å². The Morgan fingerprint density at radius 3 is 2.65 bits per heavy atom. The van der Waals surface area contributed by atoms with Gasteiger partial charge < -0.3 is 19.9 Å². The van der Waals surface area contributed by atoms with Crippen LogP contribution in [0.5, 0.6) is 0 Å². The molecule has 0 spiro atoms. The van der Waals surface area contributed by atoms with E-state index in [1.54, 1.807) is 17.0 Å². The van der Waals surface area contributed by atoms with E-state index in [-0.39, 0.29) is 48.0 Å². The van der Waals surface area contributed by atoms with E-state index in [4.69, 9.17) is 9.72 Å². The van der Waals surface area contributed by atoms with Crippen molar-refractivity contribution < 1.29 is 18.7 Å². The van der Waals surface area contributed by atoms with E-state index in [9.17, 15) is 14.0 Å². The molecule has 2 aromatic rings. The molecule has 0 unspecified atom stereocenters. The van der Waals surface area contributed by atoms with Gasteiger partial charge in [0.2, 0.25) is 5.91 Å². The first-order valence-electron chi connectivity index (χ1n) is 13.1. The maximum atomic E-state index is 13.8.